The Bertz CT molecular complexity index is 1110. The lowest BCUT2D eigenvalue weighted by atomic mass is 9.53. The molecule has 4 aliphatic carbocycles. The average Bonchev–Trinajstić information content (AvgIpc) is 2.67. The highest BCUT2D eigenvalue weighted by atomic mass is 32.2. The van der Waals surface area contributed by atoms with E-state index in [0.29, 0.717) is 18.8 Å². The number of benzene rings is 1. The van der Waals surface area contributed by atoms with Crippen LogP contribution in [0, 0.1) is 29.2 Å². The smallest absolute Gasteiger partial charge is 0.480 e. The molecular formula is C23H28F3N3O4S. The second-order valence-electron chi connectivity index (χ2n) is 10.3. The summed E-state index contributed by atoms with van der Waals surface area (Å²) in [6.45, 7) is 3.34. The molecule has 1 N–H and O–H groups in total. The number of nitrogens with zero attached hydrogens (tertiary/aromatic N) is 2. The van der Waals surface area contributed by atoms with Crippen molar-refractivity contribution < 1.29 is 31.1 Å². The molecule has 0 amide bonds. The molecule has 11 heteroatoms. The zero-order valence-corrected chi connectivity index (χ0v) is 20.0. The van der Waals surface area contributed by atoms with Crippen molar-refractivity contribution in [1.82, 2.24) is 5.32 Å². The first-order valence-corrected chi connectivity index (χ1v) is 13.1. The molecule has 0 spiro atoms. The number of rotatable bonds is 6. The summed E-state index contributed by atoms with van der Waals surface area (Å²) in [7, 11) is -3.20. The fourth-order valence-corrected chi connectivity index (χ4v) is 7.84. The van der Waals surface area contributed by atoms with Gasteiger partial charge in [-0.3, -0.25) is 0 Å². The molecule has 2 atom stereocenters. The van der Waals surface area contributed by atoms with Gasteiger partial charge >= 0.3 is 6.36 Å². The summed E-state index contributed by atoms with van der Waals surface area (Å²) in [5.41, 5.74) is -1.17. The monoisotopic (exact) mass is 499 g/mol. The largest absolute Gasteiger partial charge is 0.573 e. The molecule has 0 aliphatic heterocycles. The van der Waals surface area contributed by atoms with Crippen molar-refractivity contribution in [3.8, 4) is 17.7 Å². The Labute approximate surface area is 197 Å². The molecule has 4 aliphatic rings. The first-order valence-electron chi connectivity index (χ1n) is 11.2. The van der Waals surface area contributed by atoms with Crippen LogP contribution in [0.25, 0.3) is 0 Å². The number of hydrogen-bond donors (Lipinski definition) is 1. The molecular weight excluding hydrogens is 471 g/mol. The minimum atomic E-state index is -4.83. The second kappa shape index (κ2) is 8.33. The molecule has 0 saturated heterocycles. The summed E-state index contributed by atoms with van der Waals surface area (Å²) in [5, 5.41) is 12.7. The Balaban J connectivity index is 1.53. The van der Waals surface area contributed by atoms with Gasteiger partial charge in [-0.25, -0.2) is 8.42 Å². The third kappa shape index (κ3) is 4.83. The van der Waals surface area contributed by atoms with Crippen LogP contribution in [0.4, 0.5) is 13.2 Å². The Morgan fingerprint density at radius 2 is 1.74 bits per heavy atom. The van der Waals surface area contributed by atoms with E-state index < -0.39 is 32.3 Å². The summed E-state index contributed by atoms with van der Waals surface area (Å²) in [5.74, 6) is 0.596. The van der Waals surface area contributed by atoms with Crippen LogP contribution in [0.5, 0.6) is 11.5 Å². The van der Waals surface area contributed by atoms with Crippen LogP contribution >= 0.6 is 0 Å². The number of alkyl halides is 3. The maximum Gasteiger partial charge on any atom is 0.573 e. The molecule has 4 fully saturated rings. The maximum absolute atomic E-state index is 12.6. The number of amidine groups is 1. The number of sulfone groups is 1. The maximum atomic E-state index is 12.6. The molecule has 1 aromatic carbocycles. The predicted molar refractivity (Wildman–Crippen MR) is 119 cm³/mol. The minimum absolute atomic E-state index is 0.0544. The van der Waals surface area contributed by atoms with Crippen LogP contribution in [0.1, 0.15) is 46.0 Å². The van der Waals surface area contributed by atoms with E-state index in [1.807, 2.05) is 0 Å². The Kier molecular flexibility index (Phi) is 6.03. The minimum Gasteiger partial charge on any atom is -0.480 e. The summed E-state index contributed by atoms with van der Waals surface area (Å²) in [4.78, 5) is 3.95. The van der Waals surface area contributed by atoms with E-state index in [-0.39, 0.29) is 29.5 Å². The van der Waals surface area contributed by atoms with Gasteiger partial charge in [-0.1, -0.05) is 6.07 Å². The van der Waals surface area contributed by atoms with E-state index in [2.05, 4.69) is 15.0 Å². The fraction of sp³-hybridized carbons (Fsp3) is 0.652. The molecule has 0 aromatic heterocycles. The molecule has 7 nitrogen and oxygen atoms in total. The van der Waals surface area contributed by atoms with Crippen molar-refractivity contribution in [1.29, 1.82) is 5.26 Å². The lowest BCUT2D eigenvalue weighted by molar-refractivity contribution is -0.274. The first kappa shape index (κ1) is 24.6. The Hall–Kier alpha value is -2.48. The van der Waals surface area contributed by atoms with Gasteiger partial charge in [0.2, 0.25) is 6.19 Å². The van der Waals surface area contributed by atoms with Gasteiger partial charge < -0.3 is 14.8 Å². The van der Waals surface area contributed by atoms with Crippen molar-refractivity contribution in [2.24, 2.45) is 22.7 Å². The SMILES string of the molecule is CC(C)(Oc1cccc(OC(F)(F)F)c1)/C(=N\C#N)NC1C2CC3CC1CC(S(C)(=O)=O)(C3)C2. The number of ether oxygens (including phenoxy) is 2. The van der Waals surface area contributed by atoms with E-state index in [0.717, 1.165) is 25.3 Å². The molecule has 4 saturated carbocycles. The van der Waals surface area contributed by atoms with Gasteiger partial charge in [0.15, 0.2) is 21.3 Å². The average molecular weight is 500 g/mol. The molecule has 186 valence electrons. The highest BCUT2D eigenvalue weighted by Gasteiger charge is 2.60. The van der Waals surface area contributed by atoms with E-state index in [1.165, 1.54) is 24.5 Å². The zero-order chi connectivity index (χ0) is 24.9. The lowest BCUT2D eigenvalue weighted by Crippen LogP contribution is -2.65. The number of nitriles is 1. The summed E-state index contributed by atoms with van der Waals surface area (Å²) >= 11 is 0. The summed E-state index contributed by atoms with van der Waals surface area (Å²) < 4.78 is 72.2. The third-order valence-electron chi connectivity index (χ3n) is 7.45. The fourth-order valence-electron chi connectivity index (χ4n) is 6.27. The molecule has 34 heavy (non-hydrogen) atoms. The Morgan fingerprint density at radius 1 is 1.15 bits per heavy atom. The number of nitrogens with one attached hydrogen (secondary N) is 1. The number of hydrogen-bond acceptors (Lipinski definition) is 6. The zero-order valence-electron chi connectivity index (χ0n) is 19.2. The van der Waals surface area contributed by atoms with Gasteiger partial charge in [0.25, 0.3) is 0 Å². The van der Waals surface area contributed by atoms with E-state index in [9.17, 15) is 26.9 Å². The van der Waals surface area contributed by atoms with Gasteiger partial charge in [0.05, 0.1) is 4.75 Å². The topological polar surface area (TPSA) is 101 Å². The standard InChI is InChI=1S/C23H28F3N3O4S/c1-21(2,32-17-5-4-6-18(9-17)33-23(24,25)26)20(28-13-27)29-19-15-7-14-8-16(19)12-22(10-14,11-15)34(3,30)31/h4-6,9,14-16,19H,7-8,10-12H2,1-3H3,(H,28,29). The van der Waals surface area contributed by atoms with Crippen molar-refractivity contribution >= 4 is 15.7 Å². The van der Waals surface area contributed by atoms with E-state index in [4.69, 9.17) is 4.74 Å². The number of aliphatic imine (C=N–C) groups is 1. The van der Waals surface area contributed by atoms with Gasteiger partial charge in [-0.15, -0.1) is 13.2 Å². The van der Waals surface area contributed by atoms with Crippen molar-refractivity contribution in [3.63, 3.8) is 0 Å². The first-order chi connectivity index (χ1) is 15.7. The highest BCUT2D eigenvalue weighted by Crippen LogP contribution is 2.58. The third-order valence-corrected chi connectivity index (χ3v) is 9.52. The van der Waals surface area contributed by atoms with Gasteiger partial charge in [0.1, 0.15) is 11.5 Å². The van der Waals surface area contributed by atoms with E-state index in [1.54, 1.807) is 20.0 Å². The van der Waals surface area contributed by atoms with Crippen LogP contribution in [-0.2, 0) is 9.84 Å². The van der Waals surface area contributed by atoms with Crippen LogP contribution in [-0.4, -0.2) is 43.3 Å². The Morgan fingerprint density at radius 3 is 2.26 bits per heavy atom. The number of halogens is 3. The van der Waals surface area contributed by atoms with Gasteiger partial charge in [0, 0.05) is 18.4 Å². The normalized spacial score (nSPS) is 31.1. The van der Waals surface area contributed by atoms with Gasteiger partial charge in [-0.05, 0) is 75.8 Å². The van der Waals surface area contributed by atoms with Crippen molar-refractivity contribution in [2.75, 3.05) is 6.26 Å². The van der Waals surface area contributed by atoms with Crippen LogP contribution < -0.4 is 14.8 Å². The predicted octanol–water partition coefficient (Wildman–Crippen LogP) is 4.20. The molecule has 4 bridgehead atoms. The molecule has 0 radical (unpaired) electrons. The van der Waals surface area contributed by atoms with Crippen molar-refractivity contribution in [2.45, 2.75) is 68.7 Å². The molecule has 0 heterocycles. The quantitative estimate of drug-likeness (QED) is 0.358. The van der Waals surface area contributed by atoms with E-state index >= 15 is 0 Å². The summed E-state index contributed by atoms with van der Waals surface area (Å²) in [6.07, 6.45) is 2.00. The second-order valence-corrected chi connectivity index (χ2v) is 12.7. The van der Waals surface area contributed by atoms with Crippen LogP contribution in [0.15, 0.2) is 29.3 Å². The molecule has 2 unspecified atom stereocenters. The van der Waals surface area contributed by atoms with Crippen molar-refractivity contribution in [3.05, 3.63) is 24.3 Å². The van der Waals surface area contributed by atoms with Gasteiger partial charge in [-0.2, -0.15) is 10.3 Å². The molecule has 1 aromatic rings. The van der Waals surface area contributed by atoms with Crippen LogP contribution in [0.3, 0.4) is 0 Å². The van der Waals surface area contributed by atoms with Crippen LogP contribution in [0.2, 0.25) is 0 Å². The summed E-state index contributed by atoms with van der Waals surface area (Å²) in [6, 6.07) is 5.11. The highest BCUT2D eigenvalue weighted by molar-refractivity contribution is 7.92. The lowest BCUT2D eigenvalue weighted by Gasteiger charge is -2.59. The molecule has 5 rings (SSSR count).